The van der Waals surface area contributed by atoms with Crippen LogP contribution in [0.1, 0.15) is 12.1 Å². The van der Waals surface area contributed by atoms with Crippen molar-refractivity contribution >= 4 is 17.2 Å². The minimum absolute atomic E-state index is 0.0787. The van der Waals surface area contributed by atoms with Crippen LogP contribution in [0.15, 0.2) is 65.3 Å². The number of hydrogen-bond acceptors (Lipinski definition) is 6. The van der Waals surface area contributed by atoms with Crippen LogP contribution in [0.2, 0.25) is 5.02 Å². The van der Waals surface area contributed by atoms with Crippen molar-refractivity contribution < 1.29 is 18.0 Å². The SMILES string of the molecule is COc1ccc(Cl)cc1-c1noc(-c2cnn3c(C(F)F)cc(-c4ccccc4)nc23)n1. The van der Waals surface area contributed by atoms with Gasteiger partial charge in [-0.1, -0.05) is 47.1 Å². The van der Waals surface area contributed by atoms with Gasteiger partial charge in [-0.2, -0.15) is 10.1 Å². The number of aromatic nitrogens is 5. The van der Waals surface area contributed by atoms with Gasteiger partial charge in [0.2, 0.25) is 5.82 Å². The number of hydrogen-bond donors (Lipinski definition) is 0. The van der Waals surface area contributed by atoms with Crippen LogP contribution in [0.5, 0.6) is 5.75 Å². The largest absolute Gasteiger partial charge is 0.496 e. The van der Waals surface area contributed by atoms with Crippen LogP contribution in [-0.2, 0) is 0 Å². The lowest BCUT2D eigenvalue weighted by atomic mass is 10.1. The molecule has 0 aliphatic heterocycles. The molecule has 7 nitrogen and oxygen atoms in total. The smallest absolute Gasteiger partial charge is 0.280 e. The van der Waals surface area contributed by atoms with Crippen LogP contribution < -0.4 is 4.74 Å². The molecule has 160 valence electrons. The fraction of sp³-hybridized carbons (Fsp3) is 0.0909. The van der Waals surface area contributed by atoms with Gasteiger partial charge in [-0.15, -0.1) is 0 Å². The summed E-state index contributed by atoms with van der Waals surface area (Å²) in [7, 11) is 1.51. The monoisotopic (exact) mass is 453 g/mol. The summed E-state index contributed by atoms with van der Waals surface area (Å²) in [6.07, 6.45) is -1.39. The van der Waals surface area contributed by atoms with Crippen molar-refractivity contribution in [3.8, 4) is 39.8 Å². The van der Waals surface area contributed by atoms with E-state index in [2.05, 4.69) is 20.2 Å². The molecule has 0 saturated heterocycles. The molecule has 0 aliphatic carbocycles. The van der Waals surface area contributed by atoms with E-state index in [0.29, 0.717) is 33.2 Å². The van der Waals surface area contributed by atoms with Gasteiger partial charge < -0.3 is 9.26 Å². The highest BCUT2D eigenvalue weighted by atomic mass is 35.5. The third-order valence-electron chi connectivity index (χ3n) is 4.85. The van der Waals surface area contributed by atoms with Crippen molar-refractivity contribution in [2.45, 2.75) is 6.43 Å². The summed E-state index contributed by atoms with van der Waals surface area (Å²) >= 11 is 6.09. The summed E-state index contributed by atoms with van der Waals surface area (Å²) in [5.74, 6) is 0.813. The van der Waals surface area contributed by atoms with E-state index in [1.807, 2.05) is 18.2 Å². The highest BCUT2D eigenvalue weighted by Crippen LogP contribution is 2.34. The molecule has 0 spiro atoms. The molecule has 5 aromatic rings. The number of nitrogens with zero attached hydrogens (tertiary/aromatic N) is 5. The van der Waals surface area contributed by atoms with Gasteiger partial charge >= 0.3 is 0 Å². The second kappa shape index (κ2) is 8.01. The number of fused-ring (bicyclic) bond motifs is 1. The molecule has 0 bridgehead atoms. The van der Waals surface area contributed by atoms with E-state index in [4.69, 9.17) is 20.9 Å². The summed E-state index contributed by atoms with van der Waals surface area (Å²) < 4.78 is 39.4. The number of halogens is 3. The van der Waals surface area contributed by atoms with Gasteiger partial charge in [0.15, 0.2) is 5.65 Å². The average molecular weight is 454 g/mol. The van der Waals surface area contributed by atoms with E-state index >= 15 is 0 Å². The van der Waals surface area contributed by atoms with Gasteiger partial charge in [0.25, 0.3) is 12.3 Å². The fourth-order valence-corrected chi connectivity index (χ4v) is 3.52. The highest BCUT2D eigenvalue weighted by molar-refractivity contribution is 6.30. The first-order valence-electron chi connectivity index (χ1n) is 9.45. The summed E-state index contributed by atoms with van der Waals surface area (Å²) in [6.45, 7) is 0. The molecule has 5 rings (SSSR count). The van der Waals surface area contributed by atoms with Gasteiger partial charge in [0, 0.05) is 10.6 Å². The minimum atomic E-state index is -2.76. The van der Waals surface area contributed by atoms with Crippen molar-refractivity contribution in [3.63, 3.8) is 0 Å². The van der Waals surface area contributed by atoms with Crippen molar-refractivity contribution in [1.29, 1.82) is 0 Å². The van der Waals surface area contributed by atoms with Crippen molar-refractivity contribution in [3.05, 3.63) is 71.5 Å². The minimum Gasteiger partial charge on any atom is -0.496 e. The van der Waals surface area contributed by atoms with E-state index in [-0.39, 0.29) is 23.1 Å². The molecule has 32 heavy (non-hydrogen) atoms. The molecule has 0 radical (unpaired) electrons. The number of rotatable bonds is 5. The lowest BCUT2D eigenvalue weighted by Crippen LogP contribution is -2.02. The second-order valence-electron chi connectivity index (χ2n) is 6.79. The number of benzene rings is 2. The number of ether oxygens (including phenoxy) is 1. The molecule has 3 aromatic heterocycles. The molecule has 2 aromatic carbocycles. The predicted octanol–water partition coefficient (Wildman–Crippen LogP) is 5.71. The van der Waals surface area contributed by atoms with Crippen LogP contribution in [0.25, 0.3) is 39.7 Å². The number of alkyl halides is 2. The quantitative estimate of drug-likeness (QED) is 0.339. The summed E-state index contributed by atoms with van der Waals surface area (Å²) in [5, 5.41) is 8.55. The summed E-state index contributed by atoms with van der Waals surface area (Å²) in [4.78, 5) is 8.95. The summed E-state index contributed by atoms with van der Waals surface area (Å²) in [5.41, 5.74) is 1.80. The first-order valence-corrected chi connectivity index (χ1v) is 9.83. The van der Waals surface area contributed by atoms with E-state index in [0.717, 1.165) is 4.52 Å². The molecule has 3 heterocycles. The molecule has 0 N–H and O–H groups in total. The molecule has 0 unspecified atom stereocenters. The Morgan fingerprint density at radius 2 is 1.84 bits per heavy atom. The third kappa shape index (κ3) is 3.46. The Bertz CT molecular complexity index is 1420. The third-order valence-corrected chi connectivity index (χ3v) is 5.09. The predicted molar refractivity (Wildman–Crippen MR) is 114 cm³/mol. The van der Waals surface area contributed by atoms with E-state index in [1.54, 1.807) is 30.3 Å². The molecule has 0 fully saturated rings. The maximum absolute atomic E-state index is 13.8. The molecule has 0 saturated carbocycles. The van der Waals surface area contributed by atoms with Crippen molar-refractivity contribution in [2.24, 2.45) is 0 Å². The molecule has 0 aliphatic rings. The maximum Gasteiger partial charge on any atom is 0.280 e. The molecule has 10 heteroatoms. The first kappa shape index (κ1) is 20.1. The lowest BCUT2D eigenvalue weighted by Gasteiger charge is -2.08. The van der Waals surface area contributed by atoms with E-state index in [1.165, 1.54) is 19.4 Å². The second-order valence-corrected chi connectivity index (χ2v) is 7.23. The average Bonchev–Trinajstić information content (AvgIpc) is 3.46. The Morgan fingerprint density at radius 1 is 1.03 bits per heavy atom. The zero-order valence-electron chi connectivity index (χ0n) is 16.5. The molecular formula is C22H14ClF2N5O2. The van der Waals surface area contributed by atoms with Crippen LogP contribution in [-0.4, -0.2) is 31.8 Å². The van der Waals surface area contributed by atoms with Gasteiger partial charge in [0.05, 0.1) is 24.6 Å². The zero-order valence-corrected chi connectivity index (χ0v) is 17.3. The van der Waals surface area contributed by atoms with Gasteiger partial charge in [-0.25, -0.2) is 18.3 Å². The fourth-order valence-electron chi connectivity index (χ4n) is 3.35. The van der Waals surface area contributed by atoms with Gasteiger partial charge in [0.1, 0.15) is 17.0 Å². The first-order chi connectivity index (χ1) is 15.5. The van der Waals surface area contributed by atoms with Crippen molar-refractivity contribution in [1.82, 2.24) is 24.7 Å². The van der Waals surface area contributed by atoms with E-state index in [9.17, 15) is 8.78 Å². The van der Waals surface area contributed by atoms with Crippen LogP contribution in [0.3, 0.4) is 0 Å². The molecule has 0 amide bonds. The topological polar surface area (TPSA) is 78.3 Å². The number of methoxy groups -OCH3 is 1. The normalized spacial score (nSPS) is 11.4. The molecule has 0 atom stereocenters. The Hall–Kier alpha value is -3.85. The van der Waals surface area contributed by atoms with Crippen LogP contribution >= 0.6 is 11.6 Å². The zero-order chi connectivity index (χ0) is 22.2. The maximum atomic E-state index is 13.8. The van der Waals surface area contributed by atoms with Crippen molar-refractivity contribution in [2.75, 3.05) is 7.11 Å². The van der Waals surface area contributed by atoms with Gasteiger partial charge in [-0.05, 0) is 24.3 Å². The Balaban J connectivity index is 1.66. The summed E-state index contributed by atoms with van der Waals surface area (Å²) in [6, 6.07) is 15.4. The highest BCUT2D eigenvalue weighted by Gasteiger charge is 2.23. The Kier molecular flexibility index (Phi) is 5.02. The Labute approximate surface area is 185 Å². The van der Waals surface area contributed by atoms with E-state index < -0.39 is 6.43 Å². The van der Waals surface area contributed by atoms with Gasteiger partial charge in [-0.3, -0.25) is 0 Å². The Morgan fingerprint density at radius 3 is 2.59 bits per heavy atom. The molecular weight excluding hydrogens is 440 g/mol. The standard InChI is InChI=1S/C22H14ClF2N5O2/c1-31-18-8-7-13(23)9-14(18)20-28-22(32-29-20)15-11-26-30-17(19(24)25)10-16(27-21(15)30)12-5-3-2-4-6-12/h2-11,19H,1H3. The van der Waals surface area contributed by atoms with Crippen LogP contribution in [0.4, 0.5) is 8.78 Å². The lowest BCUT2D eigenvalue weighted by molar-refractivity contribution is 0.143. The van der Waals surface area contributed by atoms with Crippen LogP contribution in [0, 0.1) is 0 Å².